The minimum Gasteiger partial charge on any atom is -0.330 e. The highest BCUT2D eigenvalue weighted by atomic mass is 35.5. The minimum atomic E-state index is 0. The van der Waals surface area contributed by atoms with Crippen LogP contribution >= 0.6 is 24.8 Å². The van der Waals surface area contributed by atoms with Crippen LogP contribution in [0.1, 0.15) is 5.69 Å². The van der Waals surface area contributed by atoms with Crippen molar-refractivity contribution in [2.24, 2.45) is 5.73 Å². The van der Waals surface area contributed by atoms with E-state index in [-0.39, 0.29) is 24.8 Å². The quantitative estimate of drug-likeness (QED) is 0.919. The molecule has 0 atom stereocenters. The molecule has 1 heterocycles. The second-order valence-corrected chi connectivity index (χ2v) is 3.15. The molecule has 0 aliphatic heterocycles. The Kier molecular flexibility index (Phi) is 6.81. The summed E-state index contributed by atoms with van der Waals surface area (Å²) in [6, 6.07) is 10.1. The number of hydrogen-bond acceptors (Lipinski definition) is 2. The Morgan fingerprint density at radius 1 is 1.12 bits per heavy atom. The van der Waals surface area contributed by atoms with Gasteiger partial charge >= 0.3 is 0 Å². The first-order valence-corrected chi connectivity index (χ1v) is 4.68. The van der Waals surface area contributed by atoms with Crippen LogP contribution in [0.2, 0.25) is 0 Å². The van der Waals surface area contributed by atoms with Gasteiger partial charge in [0.15, 0.2) is 0 Å². The van der Waals surface area contributed by atoms with Crippen LogP contribution in [0.15, 0.2) is 42.9 Å². The highest BCUT2D eigenvalue weighted by Crippen LogP contribution is 2.07. The molecule has 88 valence electrons. The molecule has 0 spiro atoms. The molecule has 5 heteroatoms. The van der Waals surface area contributed by atoms with E-state index in [2.05, 4.69) is 4.98 Å². The summed E-state index contributed by atoms with van der Waals surface area (Å²) in [5, 5.41) is 0. The van der Waals surface area contributed by atoms with E-state index in [9.17, 15) is 0 Å². The molecule has 0 saturated carbocycles. The first-order valence-electron chi connectivity index (χ1n) is 4.68. The van der Waals surface area contributed by atoms with Gasteiger partial charge < -0.3 is 10.3 Å². The molecule has 0 aliphatic rings. The number of imidazole rings is 1. The summed E-state index contributed by atoms with van der Waals surface area (Å²) in [6.45, 7) is 0.645. The molecule has 2 aromatic rings. The molecule has 0 aliphatic carbocycles. The van der Waals surface area contributed by atoms with Gasteiger partial charge in [0.2, 0.25) is 0 Å². The number of rotatable bonds is 3. The second-order valence-electron chi connectivity index (χ2n) is 3.15. The first kappa shape index (κ1) is 15.0. The average molecular weight is 260 g/mol. The Morgan fingerprint density at radius 2 is 1.81 bits per heavy atom. The molecule has 2 N–H and O–H groups in total. The molecule has 0 fully saturated rings. The minimum absolute atomic E-state index is 0. The number of halogens is 2. The lowest BCUT2D eigenvalue weighted by atomic mass is 10.3. The van der Waals surface area contributed by atoms with Gasteiger partial charge in [-0.3, -0.25) is 0 Å². The van der Waals surface area contributed by atoms with Crippen molar-refractivity contribution < 1.29 is 0 Å². The van der Waals surface area contributed by atoms with Crippen LogP contribution in [0.4, 0.5) is 0 Å². The van der Waals surface area contributed by atoms with E-state index in [1.807, 2.05) is 47.4 Å². The highest BCUT2D eigenvalue weighted by molar-refractivity contribution is 5.85. The number of nitrogens with zero attached hydrogens (tertiary/aromatic N) is 2. The van der Waals surface area contributed by atoms with Gasteiger partial charge in [-0.1, -0.05) is 18.2 Å². The Balaban J connectivity index is 0.00000112. The van der Waals surface area contributed by atoms with E-state index >= 15 is 0 Å². The number of hydrogen-bond donors (Lipinski definition) is 1. The lowest BCUT2D eigenvalue weighted by Gasteiger charge is -1.99. The second kappa shape index (κ2) is 7.28. The Morgan fingerprint density at radius 3 is 2.44 bits per heavy atom. The van der Waals surface area contributed by atoms with Crippen LogP contribution in [0.25, 0.3) is 5.69 Å². The SMILES string of the molecule is Cl.Cl.NCCc1cn(-c2ccccc2)cn1. The van der Waals surface area contributed by atoms with Crippen LogP contribution in [-0.4, -0.2) is 16.1 Å². The fourth-order valence-corrected chi connectivity index (χ4v) is 1.38. The lowest BCUT2D eigenvalue weighted by molar-refractivity contribution is 0.934. The fourth-order valence-electron chi connectivity index (χ4n) is 1.38. The van der Waals surface area contributed by atoms with E-state index in [0.29, 0.717) is 6.54 Å². The zero-order valence-corrected chi connectivity index (χ0v) is 10.4. The summed E-state index contributed by atoms with van der Waals surface area (Å²) in [7, 11) is 0. The molecular weight excluding hydrogens is 245 g/mol. The van der Waals surface area contributed by atoms with Crippen molar-refractivity contribution in [3.63, 3.8) is 0 Å². The number of nitrogens with two attached hydrogens (primary N) is 1. The summed E-state index contributed by atoms with van der Waals surface area (Å²) in [6.07, 6.45) is 4.67. The number of aromatic nitrogens is 2. The van der Waals surface area contributed by atoms with Gasteiger partial charge in [-0.05, 0) is 18.7 Å². The molecule has 16 heavy (non-hydrogen) atoms. The monoisotopic (exact) mass is 259 g/mol. The molecule has 0 unspecified atom stereocenters. The van der Waals surface area contributed by atoms with Crippen LogP contribution in [0.3, 0.4) is 0 Å². The van der Waals surface area contributed by atoms with E-state index < -0.39 is 0 Å². The molecule has 2 rings (SSSR count). The lowest BCUT2D eigenvalue weighted by Crippen LogP contribution is -2.02. The topological polar surface area (TPSA) is 43.8 Å². The summed E-state index contributed by atoms with van der Waals surface area (Å²) in [4.78, 5) is 4.27. The predicted molar refractivity (Wildman–Crippen MR) is 70.8 cm³/mol. The van der Waals surface area contributed by atoms with Gasteiger partial charge in [0.05, 0.1) is 12.0 Å². The maximum atomic E-state index is 5.46. The van der Waals surface area contributed by atoms with E-state index in [1.165, 1.54) is 0 Å². The fraction of sp³-hybridized carbons (Fsp3) is 0.182. The van der Waals surface area contributed by atoms with Gasteiger partial charge in [0.1, 0.15) is 0 Å². The van der Waals surface area contributed by atoms with Gasteiger partial charge in [-0.2, -0.15) is 0 Å². The van der Waals surface area contributed by atoms with Crippen molar-refractivity contribution in [2.45, 2.75) is 6.42 Å². The predicted octanol–water partition coefficient (Wildman–Crippen LogP) is 2.22. The third-order valence-corrected chi connectivity index (χ3v) is 2.09. The van der Waals surface area contributed by atoms with Crippen molar-refractivity contribution in [1.82, 2.24) is 9.55 Å². The van der Waals surface area contributed by atoms with Crippen LogP contribution in [0.5, 0.6) is 0 Å². The van der Waals surface area contributed by atoms with E-state index in [4.69, 9.17) is 5.73 Å². The molecule has 1 aromatic carbocycles. The van der Waals surface area contributed by atoms with Crippen LogP contribution < -0.4 is 5.73 Å². The largest absolute Gasteiger partial charge is 0.330 e. The van der Waals surface area contributed by atoms with Crippen molar-refractivity contribution in [2.75, 3.05) is 6.54 Å². The molecule has 0 saturated heterocycles. The standard InChI is InChI=1S/C11H13N3.2ClH/c12-7-6-10-8-14(9-13-10)11-4-2-1-3-5-11;;/h1-5,8-9H,6-7,12H2;2*1H. The van der Waals surface area contributed by atoms with Crippen molar-refractivity contribution in [3.8, 4) is 5.69 Å². The zero-order chi connectivity index (χ0) is 9.80. The van der Waals surface area contributed by atoms with E-state index in [1.54, 1.807) is 0 Å². The molecule has 3 nitrogen and oxygen atoms in total. The van der Waals surface area contributed by atoms with Gasteiger partial charge in [-0.15, -0.1) is 24.8 Å². The van der Waals surface area contributed by atoms with E-state index in [0.717, 1.165) is 17.8 Å². The Bertz CT molecular complexity index is 401. The van der Waals surface area contributed by atoms with Crippen molar-refractivity contribution in [3.05, 3.63) is 48.5 Å². The molecule has 1 aromatic heterocycles. The normalized spacial score (nSPS) is 9.06. The summed E-state index contributed by atoms with van der Waals surface area (Å²) in [5.74, 6) is 0. The molecule has 0 radical (unpaired) electrons. The first-order chi connectivity index (χ1) is 6.90. The third kappa shape index (κ3) is 3.52. The highest BCUT2D eigenvalue weighted by Gasteiger charge is 1.98. The summed E-state index contributed by atoms with van der Waals surface area (Å²) < 4.78 is 2.00. The smallest absolute Gasteiger partial charge is 0.0995 e. The summed E-state index contributed by atoms with van der Waals surface area (Å²) in [5.41, 5.74) is 7.63. The van der Waals surface area contributed by atoms with Crippen molar-refractivity contribution >= 4 is 24.8 Å². The van der Waals surface area contributed by atoms with Gasteiger partial charge in [0, 0.05) is 18.3 Å². The number of para-hydroxylation sites is 1. The third-order valence-electron chi connectivity index (χ3n) is 2.09. The summed E-state index contributed by atoms with van der Waals surface area (Å²) >= 11 is 0. The maximum absolute atomic E-state index is 5.46. The molecule has 0 bridgehead atoms. The molecular formula is C11H15Cl2N3. The maximum Gasteiger partial charge on any atom is 0.0995 e. The molecule has 0 amide bonds. The van der Waals surface area contributed by atoms with Gasteiger partial charge in [-0.25, -0.2) is 4.98 Å². The van der Waals surface area contributed by atoms with Crippen LogP contribution in [0, 0.1) is 0 Å². The van der Waals surface area contributed by atoms with Crippen molar-refractivity contribution in [1.29, 1.82) is 0 Å². The van der Waals surface area contributed by atoms with Crippen LogP contribution in [-0.2, 0) is 6.42 Å². The van der Waals surface area contributed by atoms with Gasteiger partial charge in [0.25, 0.3) is 0 Å². The Labute approximate surface area is 108 Å². The average Bonchev–Trinajstić information content (AvgIpc) is 2.68. The zero-order valence-electron chi connectivity index (χ0n) is 8.74. The number of benzene rings is 1. The Hall–Kier alpha value is -1.03.